The molecule has 1 aromatic rings. The van der Waals surface area contributed by atoms with Crippen molar-refractivity contribution in [1.29, 1.82) is 0 Å². The fourth-order valence-electron chi connectivity index (χ4n) is 0.798. The molecule has 1 rings (SSSR count). The van der Waals surface area contributed by atoms with Crippen LogP contribution in [0, 0.1) is 6.92 Å². The predicted octanol–water partition coefficient (Wildman–Crippen LogP) is 1.32. The SMILES string of the molecule is Cc1ccc(C(=O)C=NN(C)C)o1. The molecule has 1 heterocycles. The minimum Gasteiger partial charge on any atom is -0.458 e. The molecular formula is C9H12N2O2. The first-order chi connectivity index (χ1) is 6.09. The molecule has 0 aliphatic carbocycles. The van der Waals surface area contributed by atoms with E-state index < -0.39 is 0 Å². The number of carbonyl (C=O) groups is 1. The average molecular weight is 180 g/mol. The van der Waals surface area contributed by atoms with Crippen molar-refractivity contribution in [3.8, 4) is 0 Å². The third-order valence-electron chi connectivity index (χ3n) is 1.39. The van der Waals surface area contributed by atoms with Gasteiger partial charge in [-0.25, -0.2) is 0 Å². The topological polar surface area (TPSA) is 45.8 Å². The van der Waals surface area contributed by atoms with E-state index in [1.807, 2.05) is 0 Å². The van der Waals surface area contributed by atoms with Crippen molar-refractivity contribution in [3.63, 3.8) is 0 Å². The number of ketones is 1. The van der Waals surface area contributed by atoms with Crippen molar-refractivity contribution >= 4 is 12.0 Å². The Morgan fingerprint density at radius 3 is 2.69 bits per heavy atom. The van der Waals surface area contributed by atoms with Crippen LogP contribution in [0.25, 0.3) is 0 Å². The van der Waals surface area contributed by atoms with Gasteiger partial charge in [0.25, 0.3) is 0 Å². The molecule has 0 bridgehead atoms. The molecule has 0 fully saturated rings. The quantitative estimate of drug-likeness (QED) is 0.400. The fourth-order valence-corrected chi connectivity index (χ4v) is 0.798. The van der Waals surface area contributed by atoms with Crippen LogP contribution in [0.2, 0.25) is 0 Å². The van der Waals surface area contributed by atoms with E-state index in [1.165, 1.54) is 6.21 Å². The molecular weight excluding hydrogens is 168 g/mol. The van der Waals surface area contributed by atoms with E-state index in [0.29, 0.717) is 5.76 Å². The highest BCUT2D eigenvalue weighted by atomic mass is 16.3. The third-order valence-corrected chi connectivity index (χ3v) is 1.39. The van der Waals surface area contributed by atoms with Gasteiger partial charge in [0.2, 0.25) is 5.78 Å². The lowest BCUT2D eigenvalue weighted by Crippen LogP contribution is -2.06. The Morgan fingerprint density at radius 2 is 2.23 bits per heavy atom. The van der Waals surface area contributed by atoms with Crippen LogP contribution in [0.4, 0.5) is 0 Å². The Bertz CT molecular complexity index is 326. The highest BCUT2D eigenvalue weighted by molar-refractivity contribution is 6.34. The van der Waals surface area contributed by atoms with Crippen LogP contribution < -0.4 is 0 Å². The molecule has 70 valence electrons. The maximum atomic E-state index is 11.3. The lowest BCUT2D eigenvalue weighted by Gasteiger charge is -2.00. The minimum absolute atomic E-state index is 0.221. The van der Waals surface area contributed by atoms with E-state index in [9.17, 15) is 4.79 Å². The van der Waals surface area contributed by atoms with Gasteiger partial charge in [-0.1, -0.05) is 0 Å². The number of rotatable bonds is 3. The Balaban J connectivity index is 2.69. The Kier molecular flexibility index (Phi) is 2.84. The van der Waals surface area contributed by atoms with Crippen molar-refractivity contribution in [2.75, 3.05) is 14.1 Å². The average Bonchev–Trinajstić information content (AvgIpc) is 2.47. The Labute approximate surface area is 76.8 Å². The molecule has 0 N–H and O–H groups in total. The summed E-state index contributed by atoms with van der Waals surface area (Å²) in [6.07, 6.45) is 1.23. The monoisotopic (exact) mass is 180 g/mol. The molecule has 4 heteroatoms. The zero-order valence-corrected chi connectivity index (χ0v) is 7.94. The van der Waals surface area contributed by atoms with Gasteiger partial charge in [0.15, 0.2) is 5.76 Å². The highest BCUT2D eigenvalue weighted by Crippen LogP contribution is 2.05. The number of hydrogen-bond donors (Lipinski definition) is 0. The summed E-state index contributed by atoms with van der Waals surface area (Å²) in [5.74, 6) is 0.825. The number of Topliss-reactive ketones (excluding diaryl/α,β-unsaturated/α-hetero) is 1. The number of hydrogen-bond acceptors (Lipinski definition) is 4. The lowest BCUT2D eigenvalue weighted by molar-refractivity contribution is 0.104. The fraction of sp³-hybridized carbons (Fsp3) is 0.333. The second-order valence-electron chi connectivity index (χ2n) is 2.87. The molecule has 0 saturated carbocycles. The first-order valence-electron chi connectivity index (χ1n) is 3.91. The summed E-state index contributed by atoms with van der Waals surface area (Å²) in [4.78, 5) is 11.3. The van der Waals surface area contributed by atoms with Crippen LogP contribution in [-0.2, 0) is 0 Å². The van der Waals surface area contributed by atoms with Crippen LogP contribution >= 0.6 is 0 Å². The number of furan rings is 1. The summed E-state index contributed by atoms with van der Waals surface area (Å²) in [7, 11) is 3.49. The summed E-state index contributed by atoms with van der Waals surface area (Å²) in [6, 6.07) is 3.38. The molecule has 0 aliphatic rings. The molecule has 0 spiro atoms. The molecule has 0 aliphatic heterocycles. The van der Waals surface area contributed by atoms with Crippen LogP contribution in [0.1, 0.15) is 16.3 Å². The van der Waals surface area contributed by atoms with Gasteiger partial charge in [0.1, 0.15) is 5.76 Å². The number of carbonyl (C=O) groups excluding carboxylic acids is 1. The summed E-state index contributed by atoms with van der Waals surface area (Å²) in [6.45, 7) is 1.79. The van der Waals surface area contributed by atoms with Gasteiger partial charge < -0.3 is 9.43 Å². The molecule has 13 heavy (non-hydrogen) atoms. The first kappa shape index (κ1) is 9.51. The minimum atomic E-state index is -0.221. The van der Waals surface area contributed by atoms with Crippen molar-refractivity contribution in [3.05, 3.63) is 23.7 Å². The second-order valence-corrected chi connectivity index (χ2v) is 2.87. The van der Waals surface area contributed by atoms with E-state index in [0.717, 1.165) is 5.76 Å². The third kappa shape index (κ3) is 2.74. The summed E-state index contributed by atoms with van der Waals surface area (Å²) < 4.78 is 5.12. The number of hydrazone groups is 1. The van der Waals surface area contributed by atoms with Crippen LogP contribution in [0.3, 0.4) is 0 Å². The van der Waals surface area contributed by atoms with Gasteiger partial charge in [0, 0.05) is 14.1 Å². The normalized spacial score (nSPS) is 10.7. The zero-order chi connectivity index (χ0) is 9.84. The molecule has 0 aromatic carbocycles. The van der Waals surface area contributed by atoms with Crippen molar-refractivity contribution in [2.45, 2.75) is 6.92 Å². The van der Waals surface area contributed by atoms with Gasteiger partial charge in [0.05, 0.1) is 6.21 Å². The second kappa shape index (κ2) is 3.89. The maximum Gasteiger partial charge on any atom is 0.240 e. The Morgan fingerprint density at radius 1 is 1.54 bits per heavy atom. The van der Waals surface area contributed by atoms with Crippen LogP contribution in [0.5, 0.6) is 0 Å². The maximum absolute atomic E-state index is 11.3. The zero-order valence-electron chi connectivity index (χ0n) is 7.94. The van der Waals surface area contributed by atoms with Gasteiger partial charge in [-0.2, -0.15) is 5.10 Å². The first-order valence-corrected chi connectivity index (χ1v) is 3.91. The summed E-state index contributed by atoms with van der Waals surface area (Å²) in [5.41, 5.74) is 0. The van der Waals surface area contributed by atoms with E-state index in [4.69, 9.17) is 4.42 Å². The van der Waals surface area contributed by atoms with Gasteiger partial charge in [-0.05, 0) is 19.1 Å². The van der Waals surface area contributed by atoms with Crippen molar-refractivity contribution in [2.24, 2.45) is 5.10 Å². The van der Waals surface area contributed by atoms with Crippen molar-refractivity contribution < 1.29 is 9.21 Å². The number of nitrogens with zero attached hydrogens (tertiary/aromatic N) is 2. The standard InChI is InChI=1S/C9H12N2O2/c1-7-4-5-9(13-7)8(12)6-10-11(2)3/h4-6H,1-3H3. The van der Waals surface area contributed by atoms with Crippen LogP contribution in [0.15, 0.2) is 21.7 Å². The largest absolute Gasteiger partial charge is 0.458 e. The van der Waals surface area contributed by atoms with Gasteiger partial charge in [-0.3, -0.25) is 4.79 Å². The molecule has 4 nitrogen and oxygen atoms in total. The smallest absolute Gasteiger partial charge is 0.240 e. The number of aryl methyl sites for hydroxylation is 1. The Hall–Kier alpha value is -1.58. The summed E-state index contributed by atoms with van der Waals surface area (Å²) in [5, 5.41) is 5.36. The van der Waals surface area contributed by atoms with Gasteiger partial charge in [-0.15, -0.1) is 0 Å². The lowest BCUT2D eigenvalue weighted by atomic mass is 10.3. The van der Waals surface area contributed by atoms with Crippen LogP contribution in [-0.4, -0.2) is 31.1 Å². The van der Waals surface area contributed by atoms with E-state index >= 15 is 0 Å². The summed E-state index contributed by atoms with van der Waals surface area (Å²) >= 11 is 0. The molecule has 0 atom stereocenters. The molecule has 0 amide bonds. The molecule has 0 unspecified atom stereocenters. The highest BCUT2D eigenvalue weighted by Gasteiger charge is 2.06. The van der Waals surface area contributed by atoms with E-state index in [-0.39, 0.29) is 5.78 Å². The van der Waals surface area contributed by atoms with Crippen molar-refractivity contribution in [1.82, 2.24) is 5.01 Å². The molecule has 1 aromatic heterocycles. The van der Waals surface area contributed by atoms with E-state index in [1.54, 1.807) is 38.2 Å². The van der Waals surface area contributed by atoms with Gasteiger partial charge >= 0.3 is 0 Å². The molecule has 0 saturated heterocycles. The van der Waals surface area contributed by atoms with E-state index in [2.05, 4.69) is 5.10 Å². The predicted molar refractivity (Wildman–Crippen MR) is 50.0 cm³/mol. The molecule has 0 radical (unpaired) electrons.